The van der Waals surface area contributed by atoms with Gasteiger partial charge in [-0.05, 0) is 87.1 Å². The molecule has 58 heavy (non-hydrogen) atoms. The Kier molecular flexibility index (Phi) is 24.4. The third-order valence-electron chi connectivity index (χ3n) is 8.00. The maximum Gasteiger partial charge on any atom is 1.00 e. The van der Waals surface area contributed by atoms with E-state index in [1.54, 1.807) is 12.1 Å². The van der Waals surface area contributed by atoms with Crippen molar-refractivity contribution in [1.29, 1.82) is 0 Å². The minimum Gasteiger partial charge on any atom is -0.488 e. The van der Waals surface area contributed by atoms with E-state index in [1.807, 2.05) is 139 Å². The molecular weight excluding hydrogens is 785 g/mol. The van der Waals surface area contributed by atoms with Crippen molar-refractivity contribution in [3.8, 4) is 11.5 Å². The van der Waals surface area contributed by atoms with Gasteiger partial charge >= 0.3 is 33.3 Å². The van der Waals surface area contributed by atoms with E-state index in [1.165, 1.54) is 17.4 Å². The second kappa shape index (κ2) is 28.0. The van der Waals surface area contributed by atoms with Crippen molar-refractivity contribution in [2.45, 2.75) is 92.8 Å². The normalized spacial score (nSPS) is 10.4. The Morgan fingerprint density at radius 1 is 0.534 bits per heavy atom. The molecule has 6 aromatic carbocycles. The molecule has 11 heteroatoms. The number of halogens is 1. The van der Waals surface area contributed by atoms with Crippen LogP contribution in [0, 0.1) is 6.92 Å². The van der Waals surface area contributed by atoms with Crippen molar-refractivity contribution in [2.75, 3.05) is 0 Å². The van der Waals surface area contributed by atoms with E-state index in [2.05, 4.69) is 54.0 Å². The quantitative estimate of drug-likeness (QED) is 0.0847. The van der Waals surface area contributed by atoms with E-state index < -0.39 is 14.4 Å². The van der Waals surface area contributed by atoms with E-state index in [4.69, 9.17) is 23.4 Å². The predicted octanol–water partition coefficient (Wildman–Crippen LogP) is 8.15. The smallest absolute Gasteiger partial charge is 0.488 e. The Labute approximate surface area is 368 Å². The van der Waals surface area contributed by atoms with Gasteiger partial charge in [0.1, 0.15) is 24.7 Å². The van der Waals surface area contributed by atoms with Gasteiger partial charge in [0.25, 0.3) is 0 Å². The van der Waals surface area contributed by atoms with Crippen LogP contribution in [0.15, 0.2) is 138 Å². The summed E-state index contributed by atoms with van der Waals surface area (Å²) < 4.78 is 29.2. The molecular formula is C47H58B2BrLiO7. The Morgan fingerprint density at radius 3 is 1.29 bits per heavy atom. The summed E-state index contributed by atoms with van der Waals surface area (Å²) in [6, 6.07) is 43.4. The Balaban J connectivity index is 0.000000292. The van der Waals surface area contributed by atoms with Gasteiger partial charge < -0.3 is 40.4 Å². The number of ether oxygens (including phenoxy) is 2. The van der Waals surface area contributed by atoms with Gasteiger partial charge in [-0.15, -0.1) is 0 Å². The molecule has 0 fully saturated rings. The zero-order valence-electron chi connectivity index (χ0n) is 35.4. The second-order valence-electron chi connectivity index (χ2n) is 13.9. The number of fused-ring (bicyclic) bond motifs is 2. The summed E-state index contributed by atoms with van der Waals surface area (Å²) in [7, 11) is -2.03. The van der Waals surface area contributed by atoms with E-state index >= 15 is 0 Å². The molecule has 0 unspecified atom stereocenters. The minimum absolute atomic E-state index is 0. The van der Waals surface area contributed by atoms with Crippen molar-refractivity contribution in [3.05, 3.63) is 156 Å². The fraction of sp³-hybridized carbons (Fsp3) is 0.298. The molecule has 0 bridgehead atoms. The zero-order valence-corrected chi connectivity index (χ0v) is 37.0. The maximum atomic E-state index is 9.44. The Morgan fingerprint density at radius 2 is 0.897 bits per heavy atom. The molecule has 0 aliphatic rings. The molecule has 2 N–H and O–H groups in total. The van der Waals surface area contributed by atoms with Crippen LogP contribution in [-0.2, 0) is 27.2 Å². The molecule has 6 rings (SSSR count). The fourth-order valence-electron chi connectivity index (χ4n) is 5.24. The number of hydrogen-bond donors (Lipinski definition) is 2. The van der Waals surface area contributed by atoms with Gasteiger partial charge in [-0.2, -0.15) is 6.42 Å². The first-order chi connectivity index (χ1) is 27.4. The number of hydrogen-bond acceptors (Lipinski definition) is 7. The maximum absolute atomic E-state index is 9.44. The molecule has 7 nitrogen and oxygen atoms in total. The summed E-state index contributed by atoms with van der Waals surface area (Å²) in [6.45, 7) is 18.5. The average Bonchev–Trinajstić information content (AvgIpc) is 3.20. The molecule has 0 aliphatic carbocycles. The van der Waals surface area contributed by atoms with Crippen LogP contribution in [0.25, 0.3) is 21.5 Å². The standard InChI is InChI=1S/C17H15BO3.C17H13BrO.C9H21BO3.C4H9.Li/c19-18(20)16-10-11-17(15-9-5-4-8-14(15)16)21-12-13-6-2-1-3-7-13;18-16-10-11-17(15-9-5-4-8-14(15)16)19-12-13-6-2-1-3-7-13;1-7(2)11-10(12-8(3)4)13-9(5)6;1-3-4-2;/h1-11,19-20H,12H2;1-11H,12H2;7-9H,1-6H3;1,3-4H2,2H3;/q;;;-1;+1. The molecule has 0 heterocycles. The van der Waals surface area contributed by atoms with E-state index in [0.29, 0.717) is 18.7 Å². The van der Waals surface area contributed by atoms with Gasteiger partial charge in [-0.1, -0.05) is 145 Å². The van der Waals surface area contributed by atoms with Gasteiger partial charge in [-0.25, -0.2) is 0 Å². The van der Waals surface area contributed by atoms with E-state index in [-0.39, 0.29) is 37.2 Å². The summed E-state index contributed by atoms with van der Waals surface area (Å²) in [4.78, 5) is 0. The number of benzene rings is 6. The first kappa shape index (κ1) is 50.6. The molecule has 0 aliphatic heterocycles. The first-order valence-electron chi connectivity index (χ1n) is 19.6. The summed E-state index contributed by atoms with van der Waals surface area (Å²) in [5.74, 6) is 1.65. The van der Waals surface area contributed by atoms with Crippen LogP contribution in [-0.4, -0.2) is 42.8 Å². The van der Waals surface area contributed by atoms with Gasteiger partial charge in [-0.3, -0.25) is 0 Å². The SMILES string of the molecule is Brc1ccc(OCc2ccccc2)c2ccccc12.CC(C)OB(OC(C)C)OC(C)C.OB(O)c1ccc(OCc2ccccc2)c2ccccc12.[CH2-]CCC.[Li+]. The molecule has 0 radical (unpaired) electrons. The minimum atomic E-state index is -1.49. The largest absolute Gasteiger partial charge is 1.00 e. The van der Waals surface area contributed by atoms with Crippen LogP contribution in [0.1, 0.15) is 72.4 Å². The van der Waals surface area contributed by atoms with Gasteiger partial charge in [0.15, 0.2) is 0 Å². The van der Waals surface area contributed by atoms with Gasteiger partial charge in [0.05, 0.1) is 0 Å². The summed E-state index contributed by atoms with van der Waals surface area (Å²) >= 11 is 3.57. The second-order valence-corrected chi connectivity index (χ2v) is 14.8. The summed E-state index contributed by atoms with van der Waals surface area (Å²) in [6.07, 6.45) is 2.62. The molecule has 0 saturated carbocycles. The van der Waals surface area contributed by atoms with Crippen molar-refractivity contribution in [3.63, 3.8) is 0 Å². The van der Waals surface area contributed by atoms with Gasteiger partial charge in [0, 0.05) is 33.6 Å². The van der Waals surface area contributed by atoms with Gasteiger partial charge in [0.2, 0.25) is 0 Å². The molecule has 0 saturated heterocycles. The Hall–Kier alpha value is -3.55. The van der Waals surface area contributed by atoms with Crippen molar-refractivity contribution < 1.29 is 52.3 Å². The molecule has 6 aromatic rings. The van der Waals surface area contributed by atoms with Crippen molar-refractivity contribution in [1.82, 2.24) is 0 Å². The fourth-order valence-corrected chi connectivity index (χ4v) is 5.72. The zero-order chi connectivity index (χ0) is 41.6. The molecule has 302 valence electrons. The predicted molar refractivity (Wildman–Crippen MR) is 242 cm³/mol. The van der Waals surface area contributed by atoms with Crippen LogP contribution in [0.2, 0.25) is 0 Å². The van der Waals surface area contributed by atoms with Crippen LogP contribution < -0.4 is 33.8 Å². The summed E-state index contributed by atoms with van der Waals surface area (Å²) in [5, 5.41) is 22.8. The van der Waals surface area contributed by atoms with Crippen molar-refractivity contribution in [2.24, 2.45) is 0 Å². The van der Waals surface area contributed by atoms with Crippen LogP contribution in [0.3, 0.4) is 0 Å². The van der Waals surface area contributed by atoms with Crippen molar-refractivity contribution >= 4 is 57.4 Å². The molecule has 0 aromatic heterocycles. The average molecular weight is 843 g/mol. The van der Waals surface area contributed by atoms with E-state index in [9.17, 15) is 10.0 Å². The number of unbranched alkanes of at least 4 members (excludes halogenated alkanes) is 1. The third kappa shape index (κ3) is 18.2. The Bertz CT molecular complexity index is 1970. The first-order valence-corrected chi connectivity index (χ1v) is 20.4. The molecule has 0 amide bonds. The van der Waals surface area contributed by atoms with Crippen LogP contribution in [0.4, 0.5) is 0 Å². The van der Waals surface area contributed by atoms with E-state index in [0.717, 1.165) is 44.1 Å². The monoisotopic (exact) mass is 842 g/mol. The topological polar surface area (TPSA) is 86.6 Å². The molecule has 0 spiro atoms. The third-order valence-corrected chi connectivity index (χ3v) is 8.70. The number of rotatable bonds is 14. The van der Waals surface area contributed by atoms with Crippen LogP contribution in [0.5, 0.6) is 11.5 Å². The summed E-state index contributed by atoms with van der Waals surface area (Å²) in [5.41, 5.74) is 2.75. The van der Waals surface area contributed by atoms with Crippen LogP contribution >= 0.6 is 15.9 Å². The molecule has 0 atom stereocenters.